The summed E-state index contributed by atoms with van der Waals surface area (Å²) in [5, 5.41) is 3.40. The molecule has 2 rings (SSSR count). The zero-order chi connectivity index (χ0) is 10.5. The van der Waals surface area contributed by atoms with E-state index in [1.807, 2.05) is 0 Å². The van der Waals surface area contributed by atoms with Crippen LogP contribution in [0, 0.1) is 5.92 Å². The van der Waals surface area contributed by atoms with Gasteiger partial charge in [0.2, 0.25) is 0 Å². The number of hydrogen-bond donors (Lipinski definition) is 1. The highest BCUT2D eigenvalue weighted by atomic mass is 16.5. The first kappa shape index (κ1) is 11.4. The predicted molar refractivity (Wildman–Crippen MR) is 63.0 cm³/mol. The van der Waals surface area contributed by atoms with E-state index in [1.54, 1.807) is 0 Å². The first-order chi connectivity index (χ1) is 7.38. The summed E-state index contributed by atoms with van der Waals surface area (Å²) in [6.45, 7) is 1.01. The van der Waals surface area contributed by atoms with Crippen LogP contribution in [0.1, 0.15) is 51.4 Å². The van der Waals surface area contributed by atoms with Gasteiger partial charge in [0, 0.05) is 12.6 Å². The van der Waals surface area contributed by atoms with Gasteiger partial charge in [0.25, 0.3) is 0 Å². The highest BCUT2D eigenvalue weighted by molar-refractivity contribution is 4.79. The number of nitrogens with one attached hydrogen (secondary N) is 1. The highest BCUT2D eigenvalue weighted by Gasteiger charge is 2.23. The summed E-state index contributed by atoms with van der Waals surface area (Å²) in [5.41, 5.74) is 0. The Bertz CT molecular complexity index is 177. The smallest absolute Gasteiger partial charge is 0.0576 e. The van der Waals surface area contributed by atoms with Gasteiger partial charge in [-0.05, 0) is 51.5 Å². The lowest BCUT2D eigenvalue weighted by atomic mass is 9.98. The third-order valence-electron chi connectivity index (χ3n) is 4.11. The van der Waals surface area contributed by atoms with Gasteiger partial charge in [0.1, 0.15) is 0 Å². The Hall–Kier alpha value is -0.0800. The molecule has 1 N–H and O–H groups in total. The fourth-order valence-corrected chi connectivity index (χ4v) is 3.11. The van der Waals surface area contributed by atoms with Crippen molar-refractivity contribution < 1.29 is 4.74 Å². The SMILES string of the molecule is CNC1CCC(CCCC2CCCO2)C1. The van der Waals surface area contributed by atoms with Gasteiger partial charge in [0.05, 0.1) is 6.10 Å². The van der Waals surface area contributed by atoms with Gasteiger partial charge in [-0.2, -0.15) is 0 Å². The second kappa shape index (κ2) is 5.86. The summed E-state index contributed by atoms with van der Waals surface area (Å²) in [6.07, 6.45) is 11.6. The van der Waals surface area contributed by atoms with E-state index in [9.17, 15) is 0 Å². The van der Waals surface area contributed by atoms with Crippen molar-refractivity contribution in [1.29, 1.82) is 0 Å². The molecule has 2 nitrogen and oxygen atoms in total. The molecule has 0 aromatic heterocycles. The van der Waals surface area contributed by atoms with Crippen LogP contribution >= 0.6 is 0 Å². The minimum absolute atomic E-state index is 0.603. The maximum atomic E-state index is 5.65. The lowest BCUT2D eigenvalue weighted by Gasteiger charge is -2.12. The minimum Gasteiger partial charge on any atom is -0.378 e. The standard InChI is InChI=1S/C13H25NO/c1-14-12-8-7-11(10-12)4-2-5-13-6-3-9-15-13/h11-14H,2-10H2,1H3. The minimum atomic E-state index is 0.603. The van der Waals surface area contributed by atoms with Crippen LogP contribution in [-0.2, 0) is 4.74 Å². The lowest BCUT2D eigenvalue weighted by molar-refractivity contribution is 0.101. The lowest BCUT2D eigenvalue weighted by Crippen LogP contribution is -2.21. The molecule has 0 aromatic rings. The molecule has 1 saturated carbocycles. The molecule has 3 atom stereocenters. The van der Waals surface area contributed by atoms with Crippen LogP contribution in [-0.4, -0.2) is 25.8 Å². The molecular formula is C13H25NO. The van der Waals surface area contributed by atoms with Crippen LogP contribution in [0.5, 0.6) is 0 Å². The van der Waals surface area contributed by atoms with Crippen molar-refractivity contribution >= 4 is 0 Å². The average molecular weight is 211 g/mol. The van der Waals surface area contributed by atoms with Gasteiger partial charge in [-0.15, -0.1) is 0 Å². The molecule has 0 bridgehead atoms. The van der Waals surface area contributed by atoms with Gasteiger partial charge in [0.15, 0.2) is 0 Å². The molecule has 0 radical (unpaired) electrons. The highest BCUT2D eigenvalue weighted by Crippen LogP contribution is 2.30. The van der Waals surface area contributed by atoms with E-state index in [0.29, 0.717) is 6.10 Å². The van der Waals surface area contributed by atoms with Crippen LogP contribution in [0.2, 0.25) is 0 Å². The third-order valence-corrected chi connectivity index (χ3v) is 4.11. The zero-order valence-electron chi connectivity index (χ0n) is 10.0. The molecule has 0 amide bonds. The summed E-state index contributed by atoms with van der Waals surface area (Å²) in [7, 11) is 2.10. The second-order valence-corrected chi connectivity index (χ2v) is 5.23. The molecule has 2 aliphatic rings. The van der Waals surface area contributed by atoms with Crippen LogP contribution in [0.15, 0.2) is 0 Å². The van der Waals surface area contributed by atoms with Crippen molar-refractivity contribution in [2.45, 2.75) is 63.5 Å². The molecule has 1 heterocycles. The van der Waals surface area contributed by atoms with Crippen LogP contribution in [0.25, 0.3) is 0 Å². The zero-order valence-corrected chi connectivity index (χ0v) is 10.0. The van der Waals surface area contributed by atoms with Crippen molar-refractivity contribution in [1.82, 2.24) is 5.32 Å². The van der Waals surface area contributed by atoms with E-state index in [-0.39, 0.29) is 0 Å². The quantitative estimate of drug-likeness (QED) is 0.755. The molecule has 15 heavy (non-hydrogen) atoms. The van der Waals surface area contributed by atoms with Gasteiger partial charge < -0.3 is 10.1 Å². The van der Waals surface area contributed by atoms with Crippen LogP contribution < -0.4 is 5.32 Å². The fourth-order valence-electron chi connectivity index (χ4n) is 3.11. The summed E-state index contributed by atoms with van der Waals surface area (Å²) < 4.78 is 5.65. The van der Waals surface area contributed by atoms with E-state index in [1.165, 1.54) is 51.4 Å². The Kier molecular flexibility index (Phi) is 4.45. The van der Waals surface area contributed by atoms with Gasteiger partial charge in [-0.25, -0.2) is 0 Å². The first-order valence-electron chi connectivity index (χ1n) is 6.67. The maximum Gasteiger partial charge on any atom is 0.0576 e. The molecule has 1 aliphatic heterocycles. The van der Waals surface area contributed by atoms with E-state index in [4.69, 9.17) is 4.74 Å². The molecule has 3 unspecified atom stereocenters. The molecule has 88 valence electrons. The number of hydrogen-bond acceptors (Lipinski definition) is 2. The molecule has 1 aliphatic carbocycles. The van der Waals surface area contributed by atoms with Crippen molar-refractivity contribution in [2.24, 2.45) is 5.92 Å². The number of ether oxygens (including phenoxy) is 1. The summed E-state index contributed by atoms with van der Waals surface area (Å²) in [4.78, 5) is 0. The third kappa shape index (κ3) is 3.46. The number of rotatable bonds is 5. The van der Waals surface area contributed by atoms with E-state index in [2.05, 4.69) is 12.4 Å². The second-order valence-electron chi connectivity index (χ2n) is 5.23. The van der Waals surface area contributed by atoms with Crippen molar-refractivity contribution in [3.05, 3.63) is 0 Å². The van der Waals surface area contributed by atoms with E-state index >= 15 is 0 Å². The summed E-state index contributed by atoms with van der Waals surface area (Å²) in [6, 6.07) is 0.803. The van der Waals surface area contributed by atoms with Gasteiger partial charge >= 0.3 is 0 Å². The molecule has 1 saturated heterocycles. The topological polar surface area (TPSA) is 21.3 Å². The Morgan fingerprint density at radius 2 is 2.13 bits per heavy atom. The Labute approximate surface area is 93.8 Å². The first-order valence-corrected chi connectivity index (χ1v) is 6.67. The fraction of sp³-hybridized carbons (Fsp3) is 1.00. The molecule has 0 spiro atoms. The van der Waals surface area contributed by atoms with E-state index < -0.39 is 0 Å². The summed E-state index contributed by atoms with van der Waals surface area (Å²) >= 11 is 0. The molecule has 2 heteroatoms. The molecule has 0 aromatic carbocycles. The van der Waals surface area contributed by atoms with Crippen LogP contribution in [0.4, 0.5) is 0 Å². The van der Waals surface area contributed by atoms with Gasteiger partial charge in [-0.3, -0.25) is 0 Å². The molecule has 2 fully saturated rings. The van der Waals surface area contributed by atoms with Gasteiger partial charge in [-0.1, -0.05) is 12.8 Å². The van der Waals surface area contributed by atoms with Crippen molar-refractivity contribution in [2.75, 3.05) is 13.7 Å². The normalized spacial score (nSPS) is 36.2. The predicted octanol–water partition coefficient (Wildman–Crippen LogP) is 2.72. The maximum absolute atomic E-state index is 5.65. The van der Waals surface area contributed by atoms with Crippen molar-refractivity contribution in [3.8, 4) is 0 Å². The average Bonchev–Trinajstić information content (AvgIpc) is 2.88. The van der Waals surface area contributed by atoms with Crippen LogP contribution in [0.3, 0.4) is 0 Å². The van der Waals surface area contributed by atoms with E-state index in [0.717, 1.165) is 18.6 Å². The monoisotopic (exact) mass is 211 g/mol. The largest absolute Gasteiger partial charge is 0.378 e. The Morgan fingerprint density at radius 3 is 2.80 bits per heavy atom. The Balaban J connectivity index is 1.54. The summed E-state index contributed by atoms with van der Waals surface area (Å²) in [5.74, 6) is 0.990. The van der Waals surface area contributed by atoms with Crippen molar-refractivity contribution in [3.63, 3.8) is 0 Å². The molecular weight excluding hydrogens is 186 g/mol. The Morgan fingerprint density at radius 1 is 1.20 bits per heavy atom.